The smallest absolute Gasteiger partial charge is 0.349 e. The number of ketones is 1. The molecule has 428 valence electrons. The van der Waals surface area contributed by atoms with Gasteiger partial charge in [0.05, 0.1) is 26.0 Å². The van der Waals surface area contributed by atoms with Crippen molar-refractivity contribution in [1.82, 2.24) is 69.3 Å². The van der Waals surface area contributed by atoms with Crippen LogP contribution in [0.25, 0.3) is 11.2 Å². The van der Waals surface area contributed by atoms with Gasteiger partial charge in [0.2, 0.25) is 35.5 Å². The minimum absolute atomic E-state index is 0. The van der Waals surface area contributed by atoms with E-state index in [2.05, 4.69) is 45.9 Å². The van der Waals surface area contributed by atoms with Crippen LogP contribution < -0.4 is 61.4 Å². The van der Waals surface area contributed by atoms with E-state index < -0.39 is 96.2 Å². The maximum Gasteiger partial charge on any atom is 0.349 e. The molecule has 29 nitrogen and oxygen atoms in total. The highest BCUT2D eigenvalue weighted by Gasteiger charge is 2.29. The average Bonchev–Trinajstić information content (AvgIpc) is 3.69. The standard InChI is InChI=1S/C45H69N19O10.3CH4/c1-27-18-63(43(74)58-38(27)71)24-35(70)62(21-31(66)50-13-16-59(20-29(65)44(2,3)4)34(69)25-64-26-52-36-37(64)56-41(49)57-39(36)72)19-28(10-8-9-12-51-40(47)48)54-32(67)22-60(17-14-53-45(5,6)7)33(68)23-61-15-11-30(46)55-42(61)73;;;/h11,15,18,26,28,53H,8-10,12-14,16-17,19-25H2,1-7H3,(H,50,66)(H,54,67)(H2,46,55,73)(H4,47,48,51)(H,58,71,74)(H3,49,56,57,72);3*1H4/t28-;;;/m0.../s1. The summed E-state index contributed by atoms with van der Waals surface area (Å²) in [6, 6.07) is 0.461. The lowest BCUT2D eigenvalue weighted by molar-refractivity contribution is -0.139. The fourth-order valence-corrected chi connectivity index (χ4v) is 7.13. The molecule has 77 heavy (non-hydrogen) atoms. The SMILES string of the molecule is C.C.C.Cc1cn(CC(=O)N(CC(=O)NCCN(CC(=O)C(C)(C)C)C(=O)Cn2cnc3c(=O)[nH]c(N)nc32)C[C@H](CCCCN=C(N)N)NC(=O)CN(CCNC(C)(C)C)C(=O)Cn2ccc(N)nc2=O)c(=O)[nH]c1=O. The Kier molecular flexibility index (Phi) is 25.8. The Morgan fingerprint density at radius 2 is 1.35 bits per heavy atom. The number of Topliss-reactive ketones (excluding diaryl/α,β-unsaturated/α-hetero) is 1. The number of nitrogens with two attached hydrogens (primary N) is 4. The molecule has 0 fully saturated rings. The van der Waals surface area contributed by atoms with Crippen molar-refractivity contribution in [1.29, 1.82) is 0 Å². The van der Waals surface area contributed by atoms with Gasteiger partial charge in [-0.15, -0.1) is 0 Å². The van der Waals surface area contributed by atoms with E-state index in [0.717, 1.165) is 14.0 Å². The quantitative estimate of drug-likeness (QED) is 0.0184. The van der Waals surface area contributed by atoms with Crippen molar-refractivity contribution in [3.05, 3.63) is 72.0 Å². The lowest BCUT2D eigenvalue weighted by atomic mass is 9.90. The zero-order valence-corrected chi connectivity index (χ0v) is 42.9. The summed E-state index contributed by atoms with van der Waals surface area (Å²) in [5, 5.41) is 8.83. The molecule has 0 saturated carbocycles. The number of nitrogens with one attached hydrogen (secondary N) is 5. The van der Waals surface area contributed by atoms with Crippen LogP contribution in [-0.2, 0) is 48.4 Å². The number of imidazole rings is 1. The molecule has 29 heteroatoms. The normalized spacial score (nSPS) is 11.5. The van der Waals surface area contributed by atoms with Crippen LogP contribution >= 0.6 is 0 Å². The monoisotopic (exact) mass is 1080 g/mol. The number of hydrogen-bond acceptors (Lipinski definition) is 17. The summed E-state index contributed by atoms with van der Waals surface area (Å²) < 4.78 is 3.31. The topological polar surface area (TPSA) is 418 Å². The summed E-state index contributed by atoms with van der Waals surface area (Å²) in [6.45, 7) is 9.11. The van der Waals surface area contributed by atoms with Crippen LogP contribution in [0.5, 0.6) is 0 Å². The number of hydrogen-bond donors (Lipinski definition) is 9. The van der Waals surface area contributed by atoms with E-state index in [0.29, 0.717) is 12.8 Å². The van der Waals surface area contributed by atoms with E-state index >= 15 is 0 Å². The number of aliphatic imine (C=N–C) groups is 1. The van der Waals surface area contributed by atoms with Crippen molar-refractivity contribution in [3.63, 3.8) is 0 Å². The number of unbranched alkanes of at least 4 members (excludes halogenated alkanes) is 1. The molecular formula is C48H81N19O10. The first-order valence-corrected chi connectivity index (χ1v) is 23.7. The molecule has 0 spiro atoms. The van der Waals surface area contributed by atoms with Gasteiger partial charge in [-0.2, -0.15) is 9.97 Å². The van der Waals surface area contributed by atoms with Gasteiger partial charge >= 0.3 is 11.4 Å². The number of aryl methyl sites for hydroxylation is 1. The van der Waals surface area contributed by atoms with Gasteiger partial charge in [-0.05, 0) is 53.0 Å². The Morgan fingerprint density at radius 3 is 1.97 bits per heavy atom. The van der Waals surface area contributed by atoms with Gasteiger partial charge in [0.25, 0.3) is 11.1 Å². The van der Waals surface area contributed by atoms with Crippen LogP contribution in [0.2, 0.25) is 0 Å². The molecule has 0 aromatic carbocycles. The highest BCUT2D eigenvalue weighted by Crippen LogP contribution is 2.16. The predicted octanol–water partition coefficient (Wildman–Crippen LogP) is -2.16. The Bertz CT molecular complexity index is 2940. The Morgan fingerprint density at radius 1 is 0.753 bits per heavy atom. The molecule has 1 atom stereocenters. The number of H-pyrrole nitrogens is 2. The van der Waals surface area contributed by atoms with E-state index in [-0.39, 0.29) is 120 Å². The number of fused-ring (bicyclic) bond motifs is 1. The van der Waals surface area contributed by atoms with Gasteiger partial charge in [-0.25, -0.2) is 14.6 Å². The van der Waals surface area contributed by atoms with E-state index in [9.17, 15) is 47.9 Å². The number of carbonyl (C=O) groups excluding carboxylic acids is 6. The summed E-state index contributed by atoms with van der Waals surface area (Å²) in [5.74, 6) is -4.00. The molecule has 0 radical (unpaired) electrons. The van der Waals surface area contributed by atoms with Gasteiger partial charge < -0.3 is 58.2 Å². The number of aromatic nitrogens is 8. The largest absolute Gasteiger partial charge is 0.383 e. The zero-order chi connectivity index (χ0) is 55.1. The highest BCUT2D eigenvalue weighted by molar-refractivity contribution is 5.90. The third-order valence-electron chi connectivity index (χ3n) is 11.2. The summed E-state index contributed by atoms with van der Waals surface area (Å²) >= 11 is 0. The van der Waals surface area contributed by atoms with Crippen molar-refractivity contribution in [3.8, 4) is 0 Å². The van der Waals surface area contributed by atoms with E-state index in [1.165, 1.54) is 46.1 Å². The maximum atomic E-state index is 14.2. The molecule has 0 aliphatic carbocycles. The lowest BCUT2D eigenvalue weighted by Gasteiger charge is -2.30. The predicted molar refractivity (Wildman–Crippen MR) is 293 cm³/mol. The maximum absolute atomic E-state index is 14.2. The lowest BCUT2D eigenvalue weighted by Crippen LogP contribution is -2.53. The first-order valence-electron chi connectivity index (χ1n) is 23.7. The number of nitrogens with zero attached hydrogens (tertiary/aromatic N) is 10. The number of amides is 5. The second-order valence-electron chi connectivity index (χ2n) is 19.6. The molecule has 4 aromatic rings. The molecule has 4 rings (SSSR count). The molecule has 0 aliphatic rings. The van der Waals surface area contributed by atoms with Crippen molar-refractivity contribution in [2.24, 2.45) is 21.9 Å². The third kappa shape index (κ3) is 21.5. The van der Waals surface area contributed by atoms with Crippen LogP contribution in [0.1, 0.15) is 88.6 Å². The number of anilines is 2. The van der Waals surface area contributed by atoms with Crippen LogP contribution in [0, 0.1) is 12.3 Å². The number of carbonyl (C=O) groups is 6. The molecule has 0 unspecified atom stereocenters. The minimum Gasteiger partial charge on any atom is -0.383 e. The Balaban J connectivity index is 0.00000988. The van der Waals surface area contributed by atoms with Crippen molar-refractivity contribution in [2.75, 3.05) is 70.4 Å². The molecule has 0 saturated heterocycles. The third-order valence-corrected chi connectivity index (χ3v) is 11.2. The number of rotatable bonds is 26. The van der Waals surface area contributed by atoms with E-state index in [1.54, 1.807) is 20.8 Å². The molecular weight excluding hydrogens is 1000 g/mol. The Labute approximate surface area is 446 Å². The molecule has 0 bridgehead atoms. The minimum atomic E-state index is -0.894. The highest BCUT2D eigenvalue weighted by atomic mass is 16.2. The average molecular weight is 1080 g/mol. The van der Waals surface area contributed by atoms with Gasteiger partial charge in [-0.3, -0.25) is 62.5 Å². The zero-order valence-electron chi connectivity index (χ0n) is 42.9. The summed E-state index contributed by atoms with van der Waals surface area (Å²) in [7, 11) is 0. The molecule has 4 aromatic heterocycles. The second-order valence-corrected chi connectivity index (χ2v) is 19.6. The second kappa shape index (κ2) is 29.7. The number of guanidine groups is 1. The fraction of sp³-hybridized carbons (Fsp3) is 0.583. The van der Waals surface area contributed by atoms with Gasteiger partial charge in [0.15, 0.2) is 22.9 Å². The summed E-state index contributed by atoms with van der Waals surface area (Å²) in [5.41, 5.74) is 18.3. The summed E-state index contributed by atoms with van der Waals surface area (Å²) in [6.07, 6.45) is 4.76. The van der Waals surface area contributed by atoms with E-state index in [1.807, 2.05) is 20.8 Å². The first-order chi connectivity index (χ1) is 34.6. The number of nitrogen functional groups attached to an aromatic ring is 2. The molecule has 0 aliphatic heterocycles. The molecule has 4 heterocycles. The number of aromatic amines is 2. The van der Waals surface area contributed by atoms with Gasteiger partial charge in [-0.1, -0.05) is 43.1 Å². The van der Waals surface area contributed by atoms with Crippen LogP contribution in [0.15, 0.2) is 49.0 Å². The first kappa shape index (κ1) is 66.8. The van der Waals surface area contributed by atoms with Gasteiger partial charge in [0.1, 0.15) is 25.5 Å². The van der Waals surface area contributed by atoms with Crippen LogP contribution in [-0.4, -0.2) is 165 Å². The van der Waals surface area contributed by atoms with Crippen molar-refractivity contribution >= 4 is 64.2 Å². The van der Waals surface area contributed by atoms with Crippen LogP contribution in [0.3, 0.4) is 0 Å². The Hall–Kier alpha value is -8.24. The molecule has 5 amide bonds. The van der Waals surface area contributed by atoms with Gasteiger partial charge in [0, 0.05) is 74.2 Å². The van der Waals surface area contributed by atoms with E-state index in [4.69, 9.17) is 22.9 Å². The van der Waals surface area contributed by atoms with Crippen molar-refractivity contribution in [2.45, 2.75) is 121 Å². The summed E-state index contributed by atoms with van der Waals surface area (Å²) in [4.78, 5) is 157. The fourth-order valence-electron chi connectivity index (χ4n) is 7.13. The van der Waals surface area contributed by atoms with Crippen molar-refractivity contribution < 1.29 is 28.8 Å². The van der Waals surface area contributed by atoms with Crippen LogP contribution in [0.4, 0.5) is 11.8 Å². The molecule has 13 N–H and O–H groups in total.